The predicted molar refractivity (Wildman–Crippen MR) is 90.9 cm³/mol. The number of carbonyl (C=O) groups excluding carboxylic acids is 1. The Morgan fingerprint density at radius 2 is 2.05 bits per heavy atom. The van der Waals surface area contributed by atoms with Crippen LogP contribution in [0, 0.1) is 0 Å². The monoisotopic (exact) mass is 306 g/mol. The van der Waals surface area contributed by atoms with Gasteiger partial charge in [0.1, 0.15) is 0 Å². The lowest BCUT2D eigenvalue weighted by Crippen LogP contribution is -2.29. The van der Waals surface area contributed by atoms with Crippen LogP contribution >= 0.6 is 11.8 Å². The molecule has 0 heterocycles. The van der Waals surface area contributed by atoms with E-state index in [1.165, 1.54) is 30.6 Å². The van der Waals surface area contributed by atoms with Gasteiger partial charge in [-0.1, -0.05) is 19.1 Å². The van der Waals surface area contributed by atoms with Gasteiger partial charge in [0.15, 0.2) is 0 Å². The SMILES string of the molecule is CCSC1CCC(N(C)Cc2ccc(C(=O)NC)cc2)C1. The minimum absolute atomic E-state index is 0.0230. The van der Waals surface area contributed by atoms with Gasteiger partial charge in [-0.05, 0) is 49.8 Å². The van der Waals surface area contributed by atoms with Crippen molar-refractivity contribution in [3.05, 3.63) is 35.4 Å². The summed E-state index contributed by atoms with van der Waals surface area (Å²) in [7, 11) is 3.88. The zero-order valence-corrected chi connectivity index (χ0v) is 14.1. The molecule has 0 radical (unpaired) electrons. The standard InChI is InChI=1S/C17H26N2OS/c1-4-21-16-10-9-15(11-16)19(3)12-13-5-7-14(8-6-13)17(20)18-2/h5-8,15-16H,4,9-12H2,1-3H3,(H,18,20). The number of nitrogens with one attached hydrogen (secondary N) is 1. The van der Waals surface area contributed by atoms with Crippen molar-refractivity contribution in [2.45, 2.75) is 44.0 Å². The molecule has 116 valence electrons. The van der Waals surface area contributed by atoms with Gasteiger partial charge in [0.2, 0.25) is 0 Å². The molecule has 2 unspecified atom stereocenters. The number of rotatable bonds is 6. The third-order valence-electron chi connectivity index (χ3n) is 4.26. The van der Waals surface area contributed by atoms with Gasteiger partial charge in [-0.25, -0.2) is 0 Å². The Balaban J connectivity index is 1.88. The molecule has 2 atom stereocenters. The highest BCUT2D eigenvalue weighted by Crippen LogP contribution is 2.32. The first kappa shape index (κ1) is 16.4. The van der Waals surface area contributed by atoms with Crippen molar-refractivity contribution in [3.8, 4) is 0 Å². The van der Waals surface area contributed by atoms with Crippen molar-refractivity contribution in [1.29, 1.82) is 0 Å². The Bertz CT molecular complexity index is 460. The second-order valence-corrected chi connectivity index (χ2v) is 7.31. The largest absolute Gasteiger partial charge is 0.355 e. The molecule has 1 aromatic carbocycles. The van der Waals surface area contributed by atoms with Crippen LogP contribution in [0.2, 0.25) is 0 Å². The lowest BCUT2D eigenvalue weighted by molar-refractivity contribution is 0.0963. The highest BCUT2D eigenvalue weighted by molar-refractivity contribution is 7.99. The normalized spacial score (nSPS) is 21.7. The smallest absolute Gasteiger partial charge is 0.251 e. The molecule has 21 heavy (non-hydrogen) atoms. The molecule has 1 aromatic rings. The fourth-order valence-corrected chi connectivity index (χ4v) is 4.16. The average molecular weight is 306 g/mol. The Labute approximate surface area is 132 Å². The Morgan fingerprint density at radius 1 is 1.33 bits per heavy atom. The molecule has 4 heteroatoms. The summed E-state index contributed by atoms with van der Waals surface area (Å²) in [6.07, 6.45) is 3.97. The van der Waals surface area contributed by atoms with Gasteiger partial charge in [-0.15, -0.1) is 0 Å². The summed E-state index contributed by atoms with van der Waals surface area (Å²) in [4.78, 5) is 14.0. The second-order valence-electron chi connectivity index (χ2n) is 5.74. The van der Waals surface area contributed by atoms with Crippen LogP contribution in [-0.2, 0) is 6.54 Å². The first-order valence-corrected chi connectivity index (χ1v) is 8.81. The van der Waals surface area contributed by atoms with Crippen LogP contribution in [0.3, 0.4) is 0 Å². The van der Waals surface area contributed by atoms with Crippen molar-refractivity contribution >= 4 is 17.7 Å². The fraction of sp³-hybridized carbons (Fsp3) is 0.588. The molecular formula is C17H26N2OS. The topological polar surface area (TPSA) is 32.3 Å². The van der Waals surface area contributed by atoms with Crippen LogP contribution in [0.1, 0.15) is 42.1 Å². The van der Waals surface area contributed by atoms with Crippen molar-refractivity contribution in [1.82, 2.24) is 10.2 Å². The molecule has 0 aliphatic heterocycles. The third kappa shape index (κ3) is 4.48. The Hall–Kier alpha value is -1.00. The summed E-state index contributed by atoms with van der Waals surface area (Å²) in [5.41, 5.74) is 2.00. The van der Waals surface area contributed by atoms with Gasteiger partial charge in [0, 0.05) is 30.4 Å². The van der Waals surface area contributed by atoms with E-state index in [1.807, 2.05) is 12.1 Å². The highest BCUT2D eigenvalue weighted by atomic mass is 32.2. The number of hydrogen-bond donors (Lipinski definition) is 1. The van der Waals surface area contributed by atoms with Crippen LogP contribution in [0.25, 0.3) is 0 Å². The maximum atomic E-state index is 11.5. The van der Waals surface area contributed by atoms with E-state index in [9.17, 15) is 4.79 Å². The molecule has 0 saturated heterocycles. The quantitative estimate of drug-likeness (QED) is 0.876. The first-order chi connectivity index (χ1) is 10.1. The minimum atomic E-state index is -0.0230. The van der Waals surface area contributed by atoms with Gasteiger partial charge in [-0.3, -0.25) is 9.69 Å². The molecular weight excluding hydrogens is 280 g/mol. The van der Waals surface area contributed by atoms with Crippen LogP contribution in [0.4, 0.5) is 0 Å². The first-order valence-electron chi connectivity index (χ1n) is 7.77. The van der Waals surface area contributed by atoms with Crippen molar-refractivity contribution in [2.75, 3.05) is 19.8 Å². The van der Waals surface area contributed by atoms with E-state index in [2.05, 4.69) is 48.1 Å². The van der Waals surface area contributed by atoms with E-state index in [1.54, 1.807) is 7.05 Å². The third-order valence-corrected chi connectivity index (χ3v) is 5.49. The van der Waals surface area contributed by atoms with Gasteiger partial charge >= 0.3 is 0 Å². The maximum absolute atomic E-state index is 11.5. The molecule has 3 nitrogen and oxygen atoms in total. The fourth-order valence-electron chi connectivity index (χ4n) is 3.03. The van der Waals surface area contributed by atoms with Gasteiger partial charge in [-0.2, -0.15) is 11.8 Å². The second kappa shape index (κ2) is 7.85. The average Bonchev–Trinajstić information content (AvgIpc) is 2.96. The summed E-state index contributed by atoms with van der Waals surface area (Å²) in [6.45, 7) is 3.21. The predicted octanol–water partition coefficient (Wildman–Crippen LogP) is 3.15. The van der Waals surface area contributed by atoms with E-state index in [-0.39, 0.29) is 5.91 Å². The summed E-state index contributed by atoms with van der Waals surface area (Å²) < 4.78 is 0. The molecule has 1 N–H and O–H groups in total. The number of hydrogen-bond acceptors (Lipinski definition) is 3. The lowest BCUT2D eigenvalue weighted by atomic mass is 10.1. The lowest BCUT2D eigenvalue weighted by Gasteiger charge is -2.24. The Morgan fingerprint density at radius 3 is 2.67 bits per heavy atom. The number of amides is 1. The summed E-state index contributed by atoms with van der Waals surface area (Å²) in [6, 6.07) is 8.65. The molecule has 0 bridgehead atoms. The molecule has 1 fully saturated rings. The Kier molecular flexibility index (Phi) is 6.12. The number of thioether (sulfide) groups is 1. The van der Waals surface area contributed by atoms with Crippen molar-refractivity contribution in [2.24, 2.45) is 0 Å². The molecule has 1 aliphatic rings. The summed E-state index contributed by atoms with van der Waals surface area (Å²) in [5, 5.41) is 3.50. The van der Waals surface area contributed by atoms with E-state index in [4.69, 9.17) is 0 Å². The van der Waals surface area contributed by atoms with E-state index >= 15 is 0 Å². The number of carbonyl (C=O) groups is 1. The zero-order valence-electron chi connectivity index (χ0n) is 13.3. The van der Waals surface area contributed by atoms with Crippen LogP contribution < -0.4 is 5.32 Å². The van der Waals surface area contributed by atoms with Gasteiger partial charge < -0.3 is 5.32 Å². The van der Waals surface area contributed by atoms with Crippen molar-refractivity contribution in [3.63, 3.8) is 0 Å². The van der Waals surface area contributed by atoms with E-state index in [0.717, 1.165) is 17.4 Å². The molecule has 2 rings (SSSR count). The summed E-state index contributed by atoms with van der Waals surface area (Å²) >= 11 is 2.10. The van der Waals surface area contributed by atoms with E-state index < -0.39 is 0 Å². The summed E-state index contributed by atoms with van der Waals surface area (Å²) in [5.74, 6) is 1.20. The van der Waals surface area contributed by atoms with Crippen LogP contribution in [0.5, 0.6) is 0 Å². The highest BCUT2D eigenvalue weighted by Gasteiger charge is 2.27. The number of benzene rings is 1. The maximum Gasteiger partial charge on any atom is 0.251 e. The van der Waals surface area contributed by atoms with Gasteiger partial charge in [0.05, 0.1) is 0 Å². The molecule has 0 spiro atoms. The van der Waals surface area contributed by atoms with Gasteiger partial charge in [0.25, 0.3) is 5.91 Å². The zero-order chi connectivity index (χ0) is 15.2. The van der Waals surface area contributed by atoms with Crippen LogP contribution in [-0.4, -0.2) is 41.9 Å². The number of nitrogens with zero attached hydrogens (tertiary/aromatic N) is 1. The van der Waals surface area contributed by atoms with Crippen LogP contribution in [0.15, 0.2) is 24.3 Å². The molecule has 1 amide bonds. The molecule has 1 saturated carbocycles. The van der Waals surface area contributed by atoms with Crippen molar-refractivity contribution < 1.29 is 4.79 Å². The molecule has 0 aromatic heterocycles. The molecule has 1 aliphatic carbocycles. The minimum Gasteiger partial charge on any atom is -0.355 e. The van der Waals surface area contributed by atoms with E-state index in [0.29, 0.717) is 6.04 Å².